The van der Waals surface area contributed by atoms with Gasteiger partial charge in [-0.05, 0) is 12.5 Å². The van der Waals surface area contributed by atoms with E-state index in [1.54, 1.807) is 31.2 Å². The molecule has 2 rings (SSSR count). The van der Waals surface area contributed by atoms with Crippen LogP contribution in [0.2, 0.25) is 0 Å². The minimum atomic E-state index is -0.786. The highest BCUT2D eigenvalue weighted by molar-refractivity contribution is 6.01. The molecule has 1 heterocycles. The van der Waals surface area contributed by atoms with Crippen LogP contribution >= 0.6 is 0 Å². The minimum Gasteiger partial charge on any atom is -0.294 e. The van der Waals surface area contributed by atoms with Crippen LogP contribution in [0, 0.1) is 0 Å². The number of carbonyl (C=O) groups excluding carboxylic acids is 3. The monoisotopic (exact) mass is 276 g/mol. The Kier molecular flexibility index (Phi) is 4.11. The number of nitrogens with zero attached hydrogens (tertiary/aromatic N) is 1. The van der Waals surface area contributed by atoms with Gasteiger partial charge in [-0.1, -0.05) is 30.3 Å². The van der Waals surface area contributed by atoms with Gasteiger partial charge in [0.05, 0.1) is 12.6 Å². The lowest BCUT2D eigenvalue weighted by molar-refractivity contribution is -0.143. The van der Waals surface area contributed by atoms with Gasteiger partial charge in [-0.25, -0.2) is 5.84 Å². The third kappa shape index (κ3) is 2.68. The van der Waals surface area contributed by atoms with Crippen molar-refractivity contribution in [1.29, 1.82) is 0 Å². The summed E-state index contributed by atoms with van der Waals surface area (Å²) in [6.07, 6.45) is 0. The van der Waals surface area contributed by atoms with Gasteiger partial charge in [0.2, 0.25) is 11.8 Å². The predicted molar refractivity (Wildman–Crippen MR) is 70.8 cm³/mol. The normalized spacial score (nSPS) is 21.2. The highest BCUT2D eigenvalue weighted by Gasteiger charge is 2.38. The van der Waals surface area contributed by atoms with E-state index in [0.717, 1.165) is 0 Å². The molecular formula is C13H16N4O3. The van der Waals surface area contributed by atoms with E-state index in [1.807, 2.05) is 6.07 Å². The molecule has 7 nitrogen and oxygen atoms in total. The SMILES string of the molecule is CC1C(=O)NC(=O)CN1C(C(=O)NN)c1ccccc1. The molecule has 20 heavy (non-hydrogen) atoms. The van der Waals surface area contributed by atoms with Gasteiger partial charge in [-0.3, -0.25) is 30.0 Å². The molecular weight excluding hydrogens is 260 g/mol. The molecule has 2 unspecified atom stereocenters. The molecule has 0 saturated carbocycles. The number of hydrogen-bond donors (Lipinski definition) is 3. The Morgan fingerprint density at radius 2 is 2.05 bits per heavy atom. The fourth-order valence-electron chi connectivity index (χ4n) is 2.26. The van der Waals surface area contributed by atoms with E-state index in [2.05, 4.69) is 10.7 Å². The zero-order valence-electron chi connectivity index (χ0n) is 11.0. The van der Waals surface area contributed by atoms with Crippen molar-refractivity contribution in [2.24, 2.45) is 5.84 Å². The summed E-state index contributed by atoms with van der Waals surface area (Å²) in [6, 6.07) is 7.50. The second-order valence-electron chi connectivity index (χ2n) is 4.58. The summed E-state index contributed by atoms with van der Waals surface area (Å²) in [7, 11) is 0. The highest BCUT2D eigenvalue weighted by Crippen LogP contribution is 2.24. The summed E-state index contributed by atoms with van der Waals surface area (Å²) in [5.41, 5.74) is 2.76. The standard InChI is InChI=1S/C13H16N4O3/c1-8-12(19)15-10(18)7-17(8)11(13(20)16-14)9-5-3-2-4-6-9/h2-6,8,11H,7,14H2,1H3,(H,16,20)(H,15,18,19). The molecule has 1 fully saturated rings. The zero-order valence-corrected chi connectivity index (χ0v) is 11.0. The van der Waals surface area contributed by atoms with E-state index in [0.29, 0.717) is 5.56 Å². The summed E-state index contributed by atoms with van der Waals surface area (Å²) in [4.78, 5) is 36.8. The maximum Gasteiger partial charge on any atom is 0.255 e. The number of amides is 3. The topological polar surface area (TPSA) is 105 Å². The Labute approximate surface area is 116 Å². The molecule has 0 aromatic heterocycles. The molecule has 0 aliphatic carbocycles. The first-order valence-corrected chi connectivity index (χ1v) is 6.19. The Balaban J connectivity index is 2.38. The average molecular weight is 276 g/mol. The lowest BCUT2D eigenvalue weighted by Gasteiger charge is -2.36. The average Bonchev–Trinajstić information content (AvgIpc) is 2.45. The van der Waals surface area contributed by atoms with Crippen LogP contribution < -0.4 is 16.6 Å². The largest absolute Gasteiger partial charge is 0.294 e. The minimum absolute atomic E-state index is 0.0418. The first-order chi connectivity index (χ1) is 9.54. The first-order valence-electron chi connectivity index (χ1n) is 6.19. The number of hydrogen-bond acceptors (Lipinski definition) is 5. The fourth-order valence-corrected chi connectivity index (χ4v) is 2.26. The van der Waals surface area contributed by atoms with E-state index in [4.69, 9.17) is 5.84 Å². The van der Waals surface area contributed by atoms with E-state index >= 15 is 0 Å². The van der Waals surface area contributed by atoms with Gasteiger partial charge in [-0.15, -0.1) is 0 Å². The van der Waals surface area contributed by atoms with E-state index in [9.17, 15) is 14.4 Å². The van der Waals surface area contributed by atoms with Crippen LogP contribution in [0.4, 0.5) is 0 Å². The Morgan fingerprint density at radius 1 is 1.40 bits per heavy atom. The highest BCUT2D eigenvalue weighted by atomic mass is 16.2. The van der Waals surface area contributed by atoms with Crippen molar-refractivity contribution in [2.45, 2.75) is 19.0 Å². The summed E-state index contributed by atoms with van der Waals surface area (Å²) in [5.74, 6) is 3.90. The lowest BCUT2D eigenvalue weighted by atomic mass is 10.0. The Hall–Kier alpha value is -2.25. The second kappa shape index (κ2) is 5.81. The maximum atomic E-state index is 12.0. The van der Waals surface area contributed by atoms with E-state index in [1.165, 1.54) is 4.90 Å². The van der Waals surface area contributed by atoms with Crippen LogP contribution in [-0.2, 0) is 14.4 Å². The molecule has 1 aromatic rings. The molecule has 1 aromatic carbocycles. The number of nitrogens with two attached hydrogens (primary N) is 1. The summed E-state index contributed by atoms with van der Waals surface area (Å²) >= 11 is 0. The maximum absolute atomic E-state index is 12.0. The zero-order chi connectivity index (χ0) is 14.7. The van der Waals surface area contributed by atoms with Gasteiger partial charge in [0, 0.05) is 0 Å². The molecule has 3 amide bonds. The summed E-state index contributed by atoms with van der Waals surface area (Å²) in [5, 5.41) is 2.24. The van der Waals surface area contributed by atoms with Crippen LogP contribution in [0.5, 0.6) is 0 Å². The van der Waals surface area contributed by atoms with Crippen molar-refractivity contribution in [3.8, 4) is 0 Å². The number of benzene rings is 1. The number of hydrazine groups is 1. The van der Waals surface area contributed by atoms with Crippen LogP contribution in [0.15, 0.2) is 30.3 Å². The first kappa shape index (κ1) is 14.2. The van der Waals surface area contributed by atoms with Crippen molar-refractivity contribution >= 4 is 17.7 Å². The van der Waals surface area contributed by atoms with Gasteiger partial charge < -0.3 is 0 Å². The predicted octanol–water partition coefficient (Wildman–Crippen LogP) is -0.935. The van der Waals surface area contributed by atoms with Crippen LogP contribution in [0.3, 0.4) is 0 Å². The van der Waals surface area contributed by atoms with E-state index in [-0.39, 0.29) is 6.54 Å². The number of piperazine rings is 1. The molecule has 7 heteroatoms. The Morgan fingerprint density at radius 3 is 2.65 bits per heavy atom. The summed E-state index contributed by atoms with van der Waals surface area (Å²) < 4.78 is 0. The number of carbonyl (C=O) groups is 3. The number of nitrogens with one attached hydrogen (secondary N) is 2. The van der Waals surface area contributed by atoms with Gasteiger partial charge >= 0.3 is 0 Å². The third-order valence-electron chi connectivity index (χ3n) is 3.30. The molecule has 1 aliphatic rings. The third-order valence-corrected chi connectivity index (χ3v) is 3.30. The van der Waals surface area contributed by atoms with Gasteiger partial charge in [-0.2, -0.15) is 0 Å². The second-order valence-corrected chi connectivity index (χ2v) is 4.58. The Bertz CT molecular complexity index is 532. The molecule has 0 radical (unpaired) electrons. The quantitative estimate of drug-likeness (QED) is 0.286. The van der Waals surface area contributed by atoms with Crippen molar-refractivity contribution < 1.29 is 14.4 Å². The molecule has 2 atom stereocenters. The smallest absolute Gasteiger partial charge is 0.255 e. The van der Waals surface area contributed by atoms with Gasteiger partial charge in [0.25, 0.3) is 5.91 Å². The summed E-state index contributed by atoms with van der Waals surface area (Å²) in [6.45, 7) is 1.60. The molecule has 1 saturated heterocycles. The van der Waals surface area contributed by atoms with Crippen molar-refractivity contribution in [2.75, 3.05) is 6.54 Å². The van der Waals surface area contributed by atoms with Crippen LogP contribution in [0.1, 0.15) is 18.5 Å². The van der Waals surface area contributed by atoms with Gasteiger partial charge in [0.15, 0.2) is 0 Å². The molecule has 1 aliphatic heterocycles. The fraction of sp³-hybridized carbons (Fsp3) is 0.308. The van der Waals surface area contributed by atoms with E-state index < -0.39 is 29.8 Å². The van der Waals surface area contributed by atoms with Crippen LogP contribution in [0.25, 0.3) is 0 Å². The van der Waals surface area contributed by atoms with Crippen molar-refractivity contribution in [3.05, 3.63) is 35.9 Å². The lowest BCUT2D eigenvalue weighted by Crippen LogP contribution is -2.60. The number of rotatable bonds is 3. The van der Waals surface area contributed by atoms with Crippen LogP contribution in [-0.4, -0.2) is 35.2 Å². The van der Waals surface area contributed by atoms with Gasteiger partial charge in [0.1, 0.15) is 6.04 Å². The number of imide groups is 1. The molecule has 106 valence electrons. The molecule has 0 bridgehead atoms. The molecule has 0 spiro atoms. The van der Waals surface area contributed by atoms with Crippen molar-refractivity contribution in [1.82, 2.24) is 15.6 Å². The molecule has 4 N–H and O–H groups in total. The van der Waals surface area contributed by atoms with Crippen molar-refractivity contribution in [3.63, 3.8) is 0 Å².